The molecule has 1 aromatic rings. The zero-order chi connectivity index (χ0) is 9.26. The van der Waals surface area contributed by atoms with Crippen molar-refractivity contribution in [1.29, 1.82) is 0 Å². The van der Waals surface area contributed by atoms with Crippen molar-refractivity contribution >= 4 is 5.78 Å². The van der Waals surface area contributed by atoms with E-state index in [1.807, 2.05) is 18.2 Å². The normalized spacial score (nSPS) is 20.3. The number of ketones is 1. The molecule has 1 heterocycles. The van der Waals surface area contributed by atoms with E-state index in [4.69, 9.17) is 4.74 Å². The summed E-state index contributed by atoms with van der Waals surface area (Å²) in [6.45, 7) is 4.02. The van der Waals surface area contributed by atoms with Crippen molar-refractivity contribution < 1.29 is 9.53 Å². The highest BCUT2D eigenvalue weighted by atomic mass is 16.5. The molecule has 2 nitrogen and oxygen atoms in total. The Morgan fingerprint density at radius 1 is 1.46 bits per heavy atom. The molecule has 1 atom stereocenters. The quantitative estimate of drug-likeness (QED) is 0.609. The van der Waals surface area contributed by atoms with Gasteiger partial charge in [-0.3, -0.25) is 4.79 Å². The molecule has 0 fully saturated rings. The van der Waals surface area contributed by atoms with Gasteiger partial charge < -0.3 is 4.74 Å². The van der Waals surface area contributed by atoms with Crippen molar-refractivity contribution in [2.24, 2.45) is 5.92 Å². The minimum atomic E-state index is -0.185. The number of ether oxygens (including phenoxy) is 1. The average Bonchev–Trinajstić information content (AvgIpc) is 2.19. The minimum Gasteiger partial charge on any atom is -0.492 e. The molecular formula is C11H10O2. The molecule has 1 aliphatic heterocycles. The van der Waals surface area contributed by atoms with Crippen LogP contribution in [0.2, 0.25) is 0 Å². The van der Waals surface area contributed by atoms with E-state index in [0.717, 1.165) is 0 Å². The molecule has 2 rings (SSSR count). The predicted molar refractivity (Wildman–Crippen MR) is 50.0 cm³/mol. The van der Waals surface area contributed by atoms with Crippen molar-refractivity contribution in [3.05, 3.63) is 42.5 Å². The van der Waals surface area contributed by atoms with E-state index in [9.17, 15) is 4.79 Å². The molecule has 1 aromatic carbocycles. The fourth-order valence-corrected chi connectivity index (χ4v) is 1.43. The summed E-state index contributed by atoms with van der Waals surface area (Å²) in [4.78, 5) is 11.7. The lowest BCUT2D eigenvalue weighted by Crippen LogP contribution is -2.25. The monoisotopic (exact) mass is 174 g/mol. The van der Waals surface area contributed by atoms with E-state index in [-0.39, 0.29) is 11.7 Å². The van der Waals surface area contributed by atoms with E-state index in [1.165, 1.54) is 0 Å². The van der Waals surface area contributed by atoms with Crippen LogP contribution < -0.4 is 4.74 Å². The van der Waals surface area contributed by atoms with E-state index < -0.39 is 0 Å². The Labute approximate surface area is 76.8 Å². The Hall–Kier alpha value is -1.57. The first-order valence-electron chi connectivity index (χ1n) is 4.21. The zero-order valence-corrected chi connectivity index (χ0v) is 7.19. The Morgan fingerprint density at radius 2 is 2.23 bits per heavy atom. The van der Waals surface area contributed by atoms with Gasteiger partial charge in [-0.1, -0.05) is 18.2 Å². The number of para-hydroxylation sites is 1. The Balaban J connectivity index is 2.45. The van der Waals surface area contributed by atoms with Crippen LogP contribution in [0.4, 0.5) is 0 Å². The van der Waals surface area contributed by atoms with Crippen molar-refractivity contribution in [2.75, 3.05) is 6.61 Å². The van der Waals surface area contributed by atoms with Gasteiger partial charge in [-0.2, -0.15) is 0 Å². The molecule has 0 bridgehead atoms. The summed E-state index contributed by atoms with van der Waals surface area (Å²) in [5.41, 5.74) is 0.665. The van der Waals surface area contributed by atoms with E-state index in [1.54, 1.807) is 12.1 Å². The van der Waals surface area contributed by atoms with Crippen LogP contribution in [0.15, 0.2) is 36.9 Å². The summed E-state index contributed by atoms with van der Waals surface area (Å²) < 4.78 is 5.41. The van der Waals surface area contributed by atoms with Gasteiger partial charge in [0, 0.05) is 0 Å². The fraction of sp³-hybridized carbons (Fsp3) is 0.182. The van der Waals surface area contributed by atoms with Gasteiger partial charge in [0.2, 0.25) is 0 Å². The maximum Gasteiger partial charge on any atom is 0.176 e. The number of hydrogen-bond donors (Lipinski definition) is 0. The lowest BCUT2D eigenvalue weighted by Gasteiger charge is -2.21. The number of Topliss-reactive ketones (excluding diaryl/α,β-unsaturated/α-hetero) is 1. The van der Waals surface area contributed by atoms with Gasteiger partial charge in [0.05, 0.1) is 11.5 Å². The van der Waals surface area contributed by atoms with E-state index >= 15 is 0 Å². The third kappa shape index (κ3) is 1.24. The van der Waals surface area contributed by atoms with Gasteiger partial charge in [-0.15, -0.1) is 6.58 Å². The van der Waals surface area contributed by atoms with E-state index in [2.05, 4.69) is 6.58 Å². The summed E-state index contributed by atoms with van der Waals surface area (Å²) in [5, 5.41) is 0. The SMILES string of the molecule is C=CC1COc2ccccc2C1=O. The molecule has 0 amide bonds. The lowest BCUT2D eigenvalue weighted by molar-refractivity contribution is 0.0874. The van der Waals surface area contributed by atoms with Crippen LogP contribution in [0.5, 0.6) is 5.75 Å². The third-order valence-electron chi connectivity index (χ3n) is 2.19. The first kappa shape index (κ1) is 8.05. The largest absolute Gasteiger partial charge is 0.492 e. The van der Waals surface area contributed by atoms with Gasteiger partial charge in [0.25, 0.3) is 0 Å². The minimum absolute atomic E-state index is 0.108. The lowest BCUT2D eigenvalue weighted by atomic mass is 9.95. The van der Waals surface area contributed by atoms with Crippen LogP contribution in [0.1, 0.15) is 10.4 Å². The number of rotatable bonds is 1. The number of fused-ring (bicyclic) bond motifs is 1. The van der Waals surface area contributed by atoms with Crippen LogP contribution in [0.25, 0.3) is 0 Å². The smallest absolute Gasteiger partial charge is 0.176 e. The van der Waals surface area contributed by atoms with Crippen LogP contribution in [-0.2, 0) is 0 Å². The van der Waals surface area contributed by atoms with Gasteiger partial charge in [0.15, 0.2) is 5.78 Å². The second-order valence-corrected chi connectivity index (χ2v) is 3.01. The molecule has 0 aliphatic carbocycles. The molecule has 13 heavy (non-hydrogen) atoms. The standard InChI is InChI=1S/C11H10O2/c1-2-8-7-13-10-6-4-3-5-9(10)11(8)12/h2-6,8H,1,7H2. The van der Waals surface area contributed by atoms with E-state index in [0.29, 0.717) is 17.9 Å². The van der Waals surface area contributed by atoms with Crippen LogP contribution >= 0.6 is 0 Å². The Morgan fingerprint density at radius 3 is 3.00 bits per heavy atom. The average molecular weight is 174 g/mol. The Kier molecular flexibility index (Phi) is 1.89. The molecule has 1 aliphatic rings. The second-order valence-electron chi connectivity index (χ2n) is 3.01. The number of benzene rings is 1. The summed E-state index contributed by atoms with van der Waals surface area (Å²) in [6, 6.07) is 7.30. The highest BCUT2D eigenvalue weighted by Gasteiger charge is 2.25. The van der Waals surface area contributed by atoms with Gasteiger partial charge in [0.1, 0.15) is 12.4 Å². The summed E-state index contributed by atoms with van der Waals surface area (Å²) in [7, 11) is 0. The summed E-state index contributed by atoms with van der Waals surface area (Å²) in [6.07, 6.45) is 1.64. The van der Waals surface area contributed by atoms with Crippen molar-refractivity contribution in [3.8, 4) is 5.75 Å². The first-order chi connectivity index (χ1) is 6.33. The number of hydrogen-bond acceptors (Lipinski definition) is 2. The highest BCUT2D eigenvalue weighted by molar-refractivity contribution is 6.02. The molecule has 66 valence electrons. The number of carbonyl (C=O) groups excluding carboxylic acids is 1. The van der Waals surface area contributed by atoms with Gasteiger partial charge in [-0.25, -0.2) is 0 Å². The molecule has 0 saturated carbocycles. The zero-order valence-electron chi connectivity index (χ0n) is 7.19. The van der Waals surface area contributed by atoms with Gasteiger partial charge in [-0.05, 0) is 12.1 Å². The predicted octanol–water partition coefficient (Wildman–Crippen LogP) is 2.06. The maximum absolute atomic E-state index is 11.7. The van der Waals surface area contributed by atoms with Crippen LogP contribution in [0.3, 0.4) is 0 Å². The highest BCUT2D eigenvalue weighted by Crippen LogP contribution is 2.26. The molecule has 0 radical (unpaired) electrons. The molecule has 0 aromatic heterocycles. The first-order valence-corrected chi connectivity index (χ1v) is 4.21. The second kappa shape index (κ2) is 3.05. The van der Waals surface area contributed by atoms with Crippen molar-refractivity contribution in [1.82, 2.24) is 0 Å². The van der Waals surface area contributed by atoms with Crippen LogP contribution in [0, 0.1) is 5.92 Å². The number of carbonyl (C=O) groups is 1. The Bertz CT molecular complexity index is 355. The van der Waals surface area contributed by atoms with Crippen molar-refractivity contribution in [3.63, 3.8) is 0 Å². The third-order valence-corrected chi connectivity index (χ3v) is 2.19. The summed E-state index contributed by atoms with van der Waals surface area (Å²) in [5.74, 6) is 0.609. The topological polar surface area (TPSA) is 26.3 Å². The maximum atomic E-state index is 11.7. The molecule has 0 N–H and O–H groups in total. The molecule has 0 spiro atoms. The molecular weight excluding hydrogens is 164 g/mol. The van der Waals surface area contributed by atoms with Gasteiger partial charge >= 0.3 is 0 Å². The van der Waals surface area contributed by atoms with Crippen LogP contribution in [-0.4, -0.2) is 12.4 Å². The molecule has 2 heteroatoms. The molecule has 0 saturated heterocycles. The fourth-order valence-electron chi connectivity index (χ4n) is 1.43. The molecule has 1 unspecified atom stereocenters. The van der Waals surface area contributed by atoms with Crippen molar-refractivity contribution in [2.45, 2.75) is 0 Å². The summed E-state index contributed by atoms with van der Waals surface area (Å²) >= 11 is 0.